The molecule has 0 atom stereocenters. The Morgan fingerprint density at radius 3 is 2.60 bits per heavy atom. The lowest BCUT2D eigenvalue weighted by molar-refractivity contribution is 0.0992. The van der Waals surface area contributed by atoms with Crippen molar-refractivity contribution in [2.45, 2.75) is 0 Å². The second kappa shape index (κ2) is 6.29. The Morgan fingerprint density at radius 2 is 1.95 bits per heavy atom. The molecule has 0 heterocycles. The van der Waals surface area contributed by atoms with Crippen LogP contribution in [0.3, 0.4) is 0 Å². The Balaban J connectivity index is 2.34. The minimum absolute atomic E-state index is 0.133. The summed E-state index contributed by atoms with van der Waals surface area (Å²) in [7, 11) is 3.29. The number of carbonyl (C=O) groups excluding carboxylic acids is 1. The Labute approximate surface area is 131 Å². The number of halogens is 2. The van der Waals surface area contributed by atoms with Crippen LogP contribution in [0.5, 0.6) is 5.75 Å². The Bertz CT molecular complexity index is 646. The third-order valence-corrected chi connectivity index (χ3v) is 4.13. The smallest absolute Gasteiger partial charge is 0.258 e. The number of benzene rings is 2. The van der Waals surface area contributed by atoms with Gasteiger partial charge in [0.25, 0.3) is 5.91 Å². The predicted octanol–water partition coefficient (Wildman–Crippen LogP) is 4.39. The highest BCUT2D eigenvalue weighted by Gasteiger charge is 2.17. The molecule has 0 N–H and O–H groups in total. The Hall–Kier alpha value is -1.52. The molecule has 2 aromatic rings. The molecule has 0 aliphatic rings. The fourth-order valence-corrected chi connectivity index (χ4v) is 2.34. The number of rotatable bonds is 3. The molecule has 0 aliphatic heterocycles. The molecule has 1 amide bonds. The number of amides is 1. The number of hydrogen-bond donors (Lipinski definition) is 0. The van der Waals surface area contributed by atoms with E-state index in [4.69, 9.17) is 16.3 Å². The summed E-state index contributed by atoms with van der Waals surface area (Å²) < 4.78 is 5.96. The van der Waals surface area contributed by atoms with E-state index in [1.165, 1.54) is 0 Å². The summed E-state index contributed by atoms with van der Waals surface area (Å²) in [6, 6.07) is 12.5. The van der Waals surface area contributed by atoms with E-state index in [9.17, 15) is 4.79 Å². The lowest BCUT2D eigenvalue weighted by atomic mass is 10.2. The maximum Gasteiger partial charge on any atom is 0.258 e. The summed E-state index contributed by atoms with van der Waals surface area (Å²) in [6.07, 6.45) is 0. The molecule has 0 saturated carbocycles. The molecule has 104 valence electrons. The maximum atomic E-state index is 12.5. The fourth-order valence-electron chi connectivity index (χ4n) is 1.84. The van der Waals surface area contributed by atoms with Gasteiger partial charge in [0.2, 0.25) is 0 Å². The van der Waals surface area contributed by atoms with Crippen LogP contribution in [0, 0.1) is 0 Å². The Morgan fingerprint density at radius 1 is 1.25 bits per heavy atom. The molecule has 0 aromatic heterocycles. The maximum absolute atomic E-state index is 12.5. The molecule has 0 fully saturated rings. The van der Waals surface area contributed by atoms with Gasteiger partial charge in [-0.15, -0.1) is 0 Å². The monoisotopic (exact) mass is 353 g/mol. The molecule has 5 heteroatoms. The number of nitrogens with zero attached hydrogens (tertiary/aromatic N) is 1. The van der Waals surface area contributed by atoms with Crippen molar-refractivity contribution in [3.8, 4) is 5.75 Å². The molecule has 0 radical (unpaired) electrons. The van der Waals surface area contributed by atoms with E-state index in [0.29, 0.717) is 26.5 Å². The first-order valence-electron chi connectivity index (χ1n) is 5.90. The van der Waals surface area contributed by atoms with E-state index in [0.717, 1.165) is 0 Å². The molecule has 2 aromatic carbocycles. The van der Waals surface area contributed by atoms with Gasteiger partial charge in [0, 0.05) is 17.1 Å². The second-order valence-electron chi connectivity index (χ2n) is 4.16. The van der Waals surface area contributed by atoms with Crippen molar-refractivity contribution in [3.05, 3.63) is 57.5 Å². The van der Waals surface area contributed by atoms with Crippen molar-refractivity contribution in [1.29, 1.82) is 0 Å². The van der Waals surface area contributed by atoms with Gasteiger partial charge in [-0.25, -0.2) is 0 Å². The van der Waals surface area contributed by atoms with E-state index >= 15 is 0 Å². The zero-order valence-electron chi connectivity index (χ0n) is 11.1. The van der Waals surface area contributed by atoms with Gasteiger partial charge in [-0.1, -0.05) is 23.7 Å². The molecule has 0 bridgehead atoms. The van der Waals surface area contributed by atoms with Crippen LogP contribution >= 0.6 is 27.5 Å². The molecule has 0 saturated heterocycles. The van der Waals surface area contributed by atoms with Crippen LogP contribution < -0.4 is 9.64 Å². The van der Waals surface area contributed by atoms with E-state index in [1.807, 2.05) is 24.3 Å². The summed E-state index contributed by atoms with van der Waals surface area (Å²) in [4.78, 5) is 14.0. The molecule has 2 rings (SSSR count). The summed E-state index contributed by atoms with van der Waals surface area (Å²) in [6.45, 7) is 0. The SMILES string of the molecule is COc1ccccc1N(C)C(=O)c1ccc(Cl)c(Br)c1. The molecule has 20 heavy (non-hydrogen) atoms. The molecule has 0 spiro atoms. The third kappa shape index (κ3) is 2.97. The fraction of sp³-hybridized carbons (Fsp3) is 0.133. The van der Waals surface area contributed by atoms with Gasteiger partial charge in [-0.2, -0.15) is 0 Å². The first-order chi connectivity index (χ1) is 9.54. The average molecular weight is 355 g/mol. The largest absolute Gasteiger partial charge is 0.495 e. The van der Waals surface area contributed by atoms with Crippen LogP contribution in [0.15, 0.2) is 46.9 Å². The topological polar surface area (TPSA) is 29.5 Å². The van der Waals surface area contributed by atoms with Crippen LogP contribution in [0.1, 0.15) is 10.4 Å². The lowest BCUT2D eigenvalue weighted by Crippen LogP contribution is -2.26. The second-order valence-corrected chi connectivity index (χ2v) is 5.43. The lowest BCUT2D eigenvalue weighted by Gasteiger charge is -2.20. The molecular formula is C15H13BrClNO2. The van der Waals surface area contributed by atoms with Gasteiger partial charge in [-0.3, -0.25) is 4.79 Å². The van der Waals surface area contributed by atoms with E-state index in [1.54, 1.807) is 37.3 Å². The number of methoxy groups -OCH3 is 1. The predicted molar refractivity (Wildman–Crippen MR) is 84.9 cm³/mol. The number of anilines is 1. The van der Waals surface area contributed by atoms with E-state index < -0.39 is 0 Å². The molecule has 0 aliphatic carbocycles. The minimum atomic E-state index is -0.133. The van der Waals surface area contributed by atoms with E-state index in [-0.39, 0.29) is 5.91 Å². The summed E-state index contributed by atoms with van der Waals surface area (Å²) in [5, 5.41) is 0.571. The average Bonchev–Trinajstić information content (AvgIpc) is 2.48. The minimum Gasteiger partial charge on any atom is -0.495 e. The van der Waals surface area contributed by atoms with Gasteiger partial charge in [-0.05, 0) is 46.3 Å². The van der Waals surface area contributed by atoms with Crippen molar-refractivity contribution in [2.75, 3.05) is 19.1 Å². The highest BCUT2D eigenvalue weighted by molar-refractivity contribution is 9.10. The normalized spacial score (nSPS) is 10.2. The van der Waals surface area contributed by atoms with Crippen LogP contribution in [-0.2, 0) is 0 Å². The van der Waals surface area contributed by atoms with Crippen molar-refractivity contribution < 1.29 is 9.53 Å². The van der Waals surface area contributed by atoms with Gasteiger partial charge in [0.1, 0.15) is 5.75 Å². The van der Waals surface area contributed by atoms with Crippen molar-refractivity contribution in [2.24, 2.45) is 0 Å². The quantitative estimate of drug-likeness (QED) is 0.818. The van der Waals surface area contributed by atoms with Gasteiger partial charge < -0.3 is 9.64 Å². The first kappa shape index (κ1) is 14.9. The van der Waals surface area contributed by atoms with Gasteiger partial charge in [0.15, 0.2) is 0 Å². The van der Waals surface area contributed by atoms with E-state index in [2.05, 4.69) is 15.9 Å². The number of hydrogen-bond acceptors (Lipinski definition) is 2. The highest BCUT2D eigenvalue weighted by Crippen LogP contribution is 2.29. The highest BCUT2D eigenvalue weighted by atomic mass is 79.9. The third-order valence-electron chi connectivity index (χ3n) is 2.92. The summed E-state index contributed by atoms with van der Waals surface area (Å²) >= 11 is 9.26. The van der Waals surface area contributed by atoms with Crippen LogP contribution in [-0.4, -0.2) is 20.1 Å². The van der Waals surface area contributed by atoms with Crippen molar-refractivity contribution >= 4 is 39.1 Å². The molecule has 0 unspecified atom stereocenters. The standard InChI is InChI=1S/C15H13BrClNO2/c1-18(13-5-3-4-6-14(13)20-2)15(19)10-7-8-12(17)11(16)9-10/h3-9H,1-2H3. The Kier molecular flexibility index (Phi) is 4.68. The van der Waals surface area contributed by atoms with Crippen LogP contribution in [0.2, 0.25) is 5.02 Å². The van der Waals surface area contributed by atoms with Crippen molar-refractivity contribution in [3.63, 3.8) is 0 Å². The number of para-hydroxylation sites is 2. The summed E-state index contributed by atoms with van der Waals surface area (Å²) in [5.74, 6) is 0.517. The van der Waals surface area contributed by atoms with Gasteiger partial charge in [0.05, 0.1) is 17.8 Å². The van der Waals surface area contributed by atoms with Crippen LogP contribution in [0.4, 0.5) is 5.69 Å². The molecule has 3 nitrogen and oxygen atoms in total. The zero-order valence-corrected chi connectivity index (χ0v) is 13.4. The zero-order chi connectivity index (χ0) is 14.7. The summed E-state index contributed by atoms with van der Waals surface area (Å²) in [5.41, 5.74) is 1.26. The molecular weight excluding hydrogens is 342 g/mol. The number of carbonyl (C=O) groups is 1. The van der Waals surface area contributed by atoms with Crippen molar-refractivity contribution in [1.82, 2.24) is 0 Å². The first-order valence-corrected chi connectivity index (χ1v) is 7.08. The van der Waals surface area contributed by atoms with Gasteiger partial charge >= 0.3 is 0 Å². The van der Waals surface area contributed by atoms with Crippen LogP contribution in [0.25, 0.3) is 0 Å². The number of ether oxygens (including phenoxy) is 1.